The topological polar surface area (TPSA) is 75.0 Å². The van der Waals surface area contributed by atoms with E-state index in [0.717, 1.165) is 16.8 Å². The van der Waals surface area contributed by atoms with Crippen molar-refractivity contribution in [1.82, 2.24) is 14.6 Å². The zero-order valence-electron chi connectivity index (χ0n) is 16.9. The number of rotatable bonds is 7. The van der Waals surface area contributed by atoms with E-state index in [9.17, 15) is 4.79 Å². The summed E-state index contributed by atoms with van der Waals surface area (Å²) < 4.78 is 18.2. The molecule has 0 aliphatic rings. The lowest BCUT2D eigenvalue weighted by Crippen LogP contribution is -2.11. The molecule has 3 aromatic rings. The van der Waals surface area contributed by atoms with Gasteiger partial charge in [-0.3, -0.25) is 0 Å². The summed E-state index contributed by atoms with van der Waals surface area (Å²) in [6, 6.07) is 5.80. The molecule has 2 heterocycles. The predicted molar refractivity (Wildman–Crippen MR) is 106 cm³/mol. The zero-order valence-corrected chi connectivity index (χ0v) is 16.9. The van der Waals surface area contributed by atoms with E-state index < -0.39 is 5.97 Å². The van der Waals surface area contributed by atoms with Gasteiger partial charge in [0.05, 0.1) is 36.8 Å². The number of esters is 1. The van der Waals surface area contributed by atoms with Crippen molar-refractivity contribution >= 4 is 11.6 Å². The number of carbonyl (C=O) groups excluding carboxylic acids is 1. The maximum atomic E-state index is 12.2. The maximum Gasteiger partial charge on any atom is 0.341 e. The smallest absolute Gasteiger partial charge is 0.341 e. The van der Waals surface area contributed by atoms with Gasteiger partial charge in [0.2, 0.25) is 0 Å². The largest absolute Gasteiger partial charge is 0.490 e. The Morgan fingerprint density at radius 3 is 2.43 bits per heavy atom. The summed E-state index contributed by atoms with van der Waals surface area (Å²) in [5.41, 5.74) is 4.40. The van der Waals surface area contributed by atoms with Gasteiger partial charge < -0.3 is 14.2 Å². The lowest BCUT2D eigenvalue weighted by atomic mass is 10.1. The van der Waals surface area contributed by atoms with Crippen LogP contribution in [0.4, 0.5) is 0 Å². The van der Waals surface area contributed by atoms with E-state index in [2.05, 4.69) is 10.1 Å². The zero-order chi connectivity index (χ0) is 20.3. The van der Waals surface area contributed by atoms with Gasteiger partial charge in [0.1, 0.15) is 0 Å². The van der Waals surface area contributed by atoms with E-state index in [4.69, 9.17) is 14.2 Å². The van der Waals surface area contributed by atoms with Crippen molar-refractivity contribution in [3.63, 3.8) is 0 Å². The van der Waals surface area contributed by atoms with Crippen LogP contribution >= 0.6 is 0 Å². The molecule has 0 N–H and O–H groups in total. The van der Waals surface area contributed by atoms with Crippen molar-refractivity contribution in [2.75, 3.05) is 19.8 Å². The monoisotopic (exact) mass is 383 g/mol. The fourth-order valence-electron chi connectivity index (χ4n) is 3.16. The molecule has 148 valence electrons. The standard InChI is InChI=1S/C21H25N3O4/c1-6-26-17-10-9-15(11-18(17)27-7-2)19-13(4)23-24-14(5)16(12-22-20(19)24)21(25)28-8-3/h9-12H,6-8H2,1-5H3. The lowest BCUT2D eigenvalue weighted by molar-refractivity contribution is 0.0524. The van der Waals surface area contributed by atoms with Crippen LogP contribution in [0.15, 0.2) is 24.4 Å². The molecule has 1 aromatic carbocycles. The van der Waals surface area contributed by atoms with E-state index in [-0.39, 0.29) is 0 Å². The third-order valence-electron chi connectivity index (χ3n) is 4.39. The van der Waals surface area contributed by atoms with Gasteiger partial charge >= 0.3 is 5.97 Å². The highest BCUT2D eigenvalue weighted by Gasteiger charge is 2.20. The predicted octanol–water partition coefficient (Wildman–Crippen LogP) is 3.99. The number of nitrogens with zero attached hydrogens (tertiary/aromatic N) is 3. The minimum Gasteiger partial charge on any atom is -0.490 e. The minimum atomic E-state index is -0.399. The van der Waals surface area contributed by atoms with Gasteiger partial charge in [0, 0.05) is 11.8 Å². The fourth-order valence-corrected chi connectivity index (χ4v) is 3.16. The Hall–Kier alpha value is -3.09. The first kappa shape index (κ1) is 19.7. The van der Waals surface area contributed by atoms with Gasteiger partial charge in [-0.25, -0.2) is 14.3 Å². The average Bonchev–Trinajstić information content (AvgIpc) is 3.01. The van der Waals surface area contributed by atoms with E-state index in [1.165, 1.54) is 0 Å². The van der Waals surface area contributed by atoms with Crippen molar-refractivity contribution in [2.24, 2.45) is 0 Å². The number of fused-ring (bicyclic) bond motifs is 1. The lowest BCUT2D eigenvalue weighted by Gasteiger charge is -2.12. The van der Waals surface area contributed by atoms with E-state index in [1.807, 2.05) is 45.9 Å². The summed E-state index contributed by atoms with van der Waals surface area (Å²) >= 11 is 0. The van der Waals surface area contributed by atoms with Crippen molar-refractivity contribution < 1.29 is 19.0 Å². The Balaban J connectivity index is 2.13. The van der Waals surface area contributed by atoms with Crippen LogP contribution in [-0.2, 0) is 4.74 Å². The summed E-state index contributed by atoms with van der Waals surface area (Å²) in [5, 5.41) is 4.60. The van der Waals surface area contributed by atoms with Crippen molar-refractivity contribution in [3.05, 3.63) is 41.3 Å². The molecule has 3 rings (SSSR count). The molecule has 0 amide bonds. The molecule has 0 aliphatic heterocycles. The summed E-state index contributed by atoms with van der Waals surface area (Å²) in [6.07, 6.45) is 1.55. The highest BCUT2D eigenvalue weighted by atomic mass is 16.5. The molecule has 28 heavy (non-hydrogen) atoms. The number of aromatic nitrogens is 3. The van der Waals surface area contributed by atoms with Crippen LogP contribution in [0, 0.1) is 13.8 Å². The first-order valence-corrected chi connectivity index (χ1v) is 9.43. The average molecular weight is 383 g/mol. The second kappa shape index (κ2) is 8.29. The Bertz CT molecular complexity index is 1010. The normalized spacial score (nSPS) is 10.9. The number of ether oxygens (including phenoxy) is 3. The SMILES string of the molecule is CCOC(=O)c1cnc2c(-c3ccc(OCC)c(OCC)c3)c(C)nn2c1C. The van der Waals surface area contributed by atoms with Gasteiger partial charge in [0.15, 0.2) is 17.1 Å². The van der Waals surface area contributed by atoms with Crippen LogP contribution in [0.5, 0.6) is 11.5 Å². The van der Waals surface area contributed by atoms with E-state index >= 15 is 0 Å². The summed E-state index contributed by atoms with van der Waals surface area (Å²) in [5.74, 6) is 0.986. The molecule has 7 heteroatoms. The number of benzene rings is 1. The molecule has 0 fully saturated rings. The Morgan fingerprint density at radius 1 is 1.04 bits per heavy atom. The van der Waals surface area contributed by atoms with Gasteiger partial charge in [-0.05, 0) is 52.3 Å². The van der Waals surface area contributed by atoms with Crippen molar-refractivity contribution in [2.45, 2.75) is 34.6 Å². The molecular weight excluding hydrogens is 358 g/mol. The number of hydrogen-bond donors (Lipinski definition) is 0. The van der Waals surface area contributed by atoms with Crippen LogP contribution in [0.25, 0.3) is 16.8 Å². The third-order valence-corrected chi connectivity index (χ3v) is 4.39. The van der Waals surface area contributed by atoms with Gasteiger partial charge in [-0.1, -0.05) is 6.07 Å². The molecule has 0 saturated carbocycles. The molecular formula is C21H25N3O4. The van der Waals surface area contributed by atoms with Crippen LogP contribution in [0.2, 0.25) is 0 Å². The summed E-state index contributed by atoms with van der Waals surface area (Å²) in [4.78, 5) is 16.7. The summed E-state index contributed by atoms with van der Waals surface area (Å²) in [6.45, 7) is 10.8. The van der Waals surface area contributed by atoms with Crippen LogP contribution < -0.4 is 9.47 Å². The number of hydrogen-bond acceptors (Lipinski definition) is 6. The second-order valence-electron chi connectivity index (χ2n) is 6.20. The molecule has 7 nitrogen and oxygen atoms in total. The van der Waals surface area contributed by atoms with E-state index in [0.29, 0.717) is 48.2 Å². The second-order valence-corrected chi connectivity index (χ2v) is 6.20. The molecule has 2 aromatic heterocycles. The fraction of sp³-hybridized carbons (Fsp3) is 0.381. The first-order chi connectivity index (χ1) is 13.5. The Labute approximate surface area is 164 Å². The third kappa shape index (κ3) is 3.52. The number of carbonyl (C=O) groups is 1. The van der Waals surface area contributed by atoms with Crippen molar-refractivity contribution in [1.29, 1.82) is 0 Å². The van der Waals surface area contributed by atoms with Gasteiger partial charge in [0.25, 0.3) is 0 Å². The molecule has 0 atom stereocenters. The molecule has 0 saturated heterocycles. The molecule has 0 unspecified atom stereocenters. The molecule has 0 spiro atoms. The maximum absolute atomic E-state index is 12.2. The minimum absolute atomic E-state index is 0.312. The van der Waals surface area contributed by atoms with Crippen LogP contribution in [0.1, 0.15) is 42.5 Å². The summed E-state index contributed by atoms with van der Waals surface area (Å²) in [7, 11) is 0. The number of aryl methyl sites for hydroxylation is 2. The first-order valence-electron chi connectivity index (χ1n) is 9.43. The highest BCUT2D eigenvalue weighted by Crippen LogP contribution is 2.35. The van der Waals surface area contributed by atoms with Gasteiger partial charge in [-0.2, -0.15) is 5.10 Å². The van der Waals surface area contributed by atoms with Crippen molar-refractivity contribution in [3.8, 4) is 22.6 Å². The molecule has 0 radical (unpaired) electrons. The molecule has 0 bridgehead atoms. The van der Waals surface area contributed by atoms with Crippen LogP contribution in [-0.4, -0.2) is 40.4 Å². The Morgan fingerprint density at radius 2 is 1.75 bits per heavy atom. The van der Waals surface area contributed by atoms with Gasteiger partial charge in [-0.15, -0.1) is 0 Å². The highest BCUT2D eigenvalue weighted by molar-refractivity contribution is 5.91. The van der Waals surface area contributed by atoms with E-state index in [1.54, 1.807) is 17.6 Å². The Kier molecular flexibility index (Phi) is 5.82. The molecule has 0 aliphatic carbocycles. The van der Waals surface area contributed by atoms with Crippen LogP contribution in [0.3, 0.4) is 0 Å². The quantitative estimate of drug-likeness (QED) is 0.574.